The number of methoxy groups -OCH3 is 2. The van der Waals surface area contributed by atoms with Gasteiger partial charge in [0.25, 0.3) is 5.91 Å². The summed E-state index contributed by atoms with van der Waals surface area (Å²) < 4.78 is 37.0. The van der Waals surface area contributed by atoms with Crippen molar-refractivity contribution >= 4 is 86.4 Å². The van der Waals surface area contributed by atoms with Crippen molar-refractivity contribution in [3.8, 4) is 5.88 Å². The fourth-order valence-electron chi connectivity index (χ4n) is 8.52. The van der Waals surface area contributed by atoms with Crippen molar-refractivity contribution in [1.29, 1.82) is 0 Å². The summed E-state index contributed by atoms with van der Waals surface area (Å²) in [5, 5.41) is 11.9. The second-order valence-electron chi connectivity index (χ2n) is 20.4. The van der Waals surface area contributed by atoms with E-state index in [0.29, 0.717) is 83.8 Å². The zero-order valence-corrected chi connectivity index (χ0v) is 47.6. The van der Waals surface area contributed by atoms with Crippen molar-refractivity contribution in [3.63, 3.8) is 0 Å². The molecule has 0 unspecified atom stereocenters. The lowest BCUT2D eigenvalue weighted by Crippen LogP contribution is -2.31. The maximum Gasteiger partial charge on any atom is 0.338 e. The first-order valence-corrected chi connectivity index (χ1v) is 25.3. The van der Waals surface area contributed by atoms with Gasteiger partial charge >= 0.3 is 23.9 Å². The molecule has 0 spiro atoms. The molecular weight excluding hydrogens is 1040 g/mol. The minimum atomic E-state index is -1.00. The number of alkyl halides is 1. The molecule has 17 heteroatoms. The quantitative estimate of drug-likeness (QED) is 0.0476. The topological polar surface area (TPSA) is 223 Å². The molecule has 2 amide bonds. The summed E-state index contributed by atoms with van der Waals surface area (Å²) in [5.74, 6) is -3.32. The fourth-order valence-corrected chi connectivity index (χ4v) is 8.52. The Kier molecular flexibility index (Phi) is 19.8. The van der Waals surface area contributed by atoms with Crippen LogP contribution in [-0.4, -0.2) is 89.6 Å². The molecule has 1 aliphatic heterocycles. The van der Waals surface area contributed by atoms with Crippen LogP contribution in [0.15, 0.2) is 138 Å². The van der Waals surface area contributed by atoms with E-state index in [0.717, 1.165) is 20.6 Å². The number of benzene rings is 6. The summed E-state index contributed by atoms with van der Waals surface area (Å²) in [6, 6.07) is 38.7. The van der Waals surface area contributed by atoms with E-state index in [-0.39, 0.29) is 23.3 Å². The van der Waals surface area contributed by atoms with E-state index in [1.54, 1.807) is 107 Å². The van der Waals surface area contributed by atoms with Crippen molar-refractivity contribution < 1.29 is 63.4 Å². The van der Waals surface area contributed by atoms with Crippen molar-refractivity contribution in [2.75, 3.05) is 32.0 Å². The van der Waals surface area contributed by atoms with Gasteiger partial charge in [0.15, 0.2) is 0 Å². The van der Waals surface area contributed by atoms with Gasteiger partial charge in [-0.2, -0.15) is 0 Å². The molecule has 0 aliphatic carbocycles. The van der Waals surface area contributed by atoms with Crippen LogP contribution in [0, 0.1) is 13.8 Å². The first-order chi connectivity index (χ1) is 38.6. The molecule has 1 aromatic heterocycles. The Hall–Kier alpha value is -9.51. The average Bonchev–Trinajstić information content (AvgIpc) is 3.89. The van der Waals surface area contributed by atoms with E-state index in [9.17, 15) is 43.1 Å². The van der Waals surface area contributed by atoms with Gasteiger partial charge in [-0.25, -0.2) is 29.1 Å². The normalized spacial score (nSPS) is 12.7. The number of hydrogen-bond donors (Lipinski definition) is 2. The summed E-state index contributed by atoms with van der Waals surface area (Å²) in [5.41, 5.74) is 13.4. The van der Waals surface area contributed by atoms with Crippen molar-refractivity contribution in [2.45, 2.75) is 87.4 Å². The summed E-state index contributed by atoms with van der Waals surface area (Å²) in [4.78, 5) is 92.1. The predicted octanol–water partition coefficient (Wildman–Crippen LogP) is 12.6. The van der Waals surface area contributed by atoms with Gasteiger partial charge in [-0.15, -0.1) is 0 Å². The van der Waals surface area contributed by atoms with Crippen LogP contribution in [0.25, 0.3) is 22.0 Å². The first kappa shape index (κ1) is 60.7. The lowest BCUT2D eigenvalue weighted by molar-refractivity contribution is -0.122. The number of halogens is 1. The van der Waals surface area contributed by atoms with Crippen molar-refractivity contribution in [2.24, 2.45) is 4.99 Å². The molecule has 2 heterocycles. The minimum absolute atomic E-state index is 0.285. The summed E-state index contributed by atoms with van der Waals surface area (Å²) in [6.07, 6.45) is 0. The standard InChI is InChI=1S/C31H30N2O6.C21H19NO4.C11H15NO2.CH3F/c1-18-16-24-25(17-23(18)30(37)38-6)33(19(2)34)28(35)26(24)27(20-10-8-7-9-11-20)32-22-14-12-21(13-15-22)29(36)39-31(3,4)5;1-12-10-17-18(11-16(12)21(25)26-4)22(14(3)23)20(24)19(17)13(2)15-8-6-5-7-9-15;1-11(2,3)14-10(13)8-4-6-9(12)7-5-8;1-2/h7-17,35H,1-6H3;5-11H,1-4H3;4-7H,12H2,1-3H3;1H3/b;19-13-;;/i;;;1D. The van der Waals surface area contributed by atoms with Crippen molar-refractivity contribution in [1.82, 2.24) is 4.57 Å². The van der Waals surface area contributed by atoms with Gasteiger partial charge in [-0.1, -0.05) is 60.7 Å². The van der Waals surface area contributed by atoms with E-state index in [2.05, 4.69) is 0 Å². The number of aromatic nitrogens is 1. The highest BCUT2D eigenvalue weighted by atomic mass is 19.1. The Morgan fingerprint density at radius 1 is 0.617 bits per heavy atom. The van der Waals surface area contributed by atoms with E-state index < -0.39 is 48.1 Å². The maximum atomic E-state index is 13.0. The minimum Gasteiger partial charge on any atom is -0.494 e. The summed E-state index contributed by atoms with van der Waals surface area (Å²) in [6.45, 7) is 19.0. The Morgan fingerprint density at radius 3 is 1.53 bits per heavy atom. The molecule has 8 rings (SSSR count). The Balaban J connectivity index is 0.000000245. The van der Waals surface area contributed by atoms with Gasteiger partial charge < -0.3 is 29.8 Å². The number of nitrogen functional groups attached to an aromatic ring is 1. The molecule has 0 atom stereocenters. The molecule has 3 N–H and O–H groups in total. The number of anilines is 2. The van der Waals surface area contributed by atoms with Crippen LogP contribution in [-0.2, 0) is 28.5 Å². The third-order valence-electron chi connectivity index (χ3n) is 12.2. The number of carbonyl (C=O) groups is 7. The Morgan fingerprint density at radius 2 is 1.07 bits per heavy atom. The first-order valence-electron chi connectivity index (χ1n) is 26.0. The van der Waals surface area contributed by atoms with Gasteiger partial charge in [0, 0.05) is 36.0 Å². The van der Waals surface area contributed by atoms with Crippen LogP contribution < -0.4 is 10.6 Å². The molecule has 0 saturated carbocycles. The molecule has 7 aromatic rings. The van der Waals surface area contributed by atoms with Crippen LogP contribution >= 0.6 is 0 Å². The zero-order valence-electron chi connectivity index (χ0n) is 48.6. The highest BCUT2D eigenvalue weighted by Crippen LogP contribution is 2.43. The molecule has 1 aliphatic rings. The number of carbonyl (C=O) groups excluding carboxylic acids is 7. The molecule has 422 valence electrons. The van der Waals surface area contributed by atoms with Crippen LogP contribution in [0.3, 0.4) is 0 Å². The number of esters is 4. The Labute approximate surface area is 472 Å². The van der Waals surface area contributed by atoms with E-state index in [1.165, 1.54) is 28.1 Å². The highest BCUT2D eigenvalue weighted by Gasteiger charge is 2.38. The number of nitrogens with zero attached hydrogens (tertiary/aromatic N) is 3. The fraction of sp³-hybridized carbons (Fsp3) is 0.250. The monoisotopic (exact) mass is 1100 g/mol. The van der Waals surface area contributed by atoms with Crippen LogP contribution in [0.2, 0.25) is 0 Å². The number of hydrogen-bond acceptors (Lipinski definition) is 14. The molecule has 0 bridgehead atoms. The smallest absolute Gasteiger partial charge is 0.338 e. The van der Waals surface area contributed by atoms with Gasteiger partial charge in [0.05, 0.1) is 78.7 Å². The number of rotatable bonds is 8. The predicted molar refractivity (Wildman–Crippen MR) is 312 cm³/mol. The van der Waals surface area contributed by atoms with Gasteiger partial charge in [-0.3, -0.25) is 23.3 Å². The molecule has 0 radical (unpaired) electrons. The largest absolute Gasteiger partial charge is 0.494 e. The average molecular weight is 1100 g/mol. The number of allylic oxidation sites excluding steroid dienone is 1. The number of imide groups is 1. The third kappa shape index (κ3) is 15.0. The molecule has 81 heavy (non-hydrogen) atoms. The number of aliphatic imine (C=N–C) groups is 1. The van der Waals surface area contributed by atoms with E-state index in [1.807, 2.05) is 88.4 Å². The Bertz CT molecular complexity index is 3600. The highest BCUT2D eigenvalue weighted by molar-refractivity contribution is 6.43. The summed E-state index contributed by atoms with van der Waals surface area (Å²) in [7, 11) is 1.58. The lowest BCUT2D eigenvalue weighted by atomic mass is 9.94. The summed E-state index contributed by atoms with van der Waals surface area (Å²) >= 11 is 0. The van der Waals surface area contributed by atoms with Crippen LogP contribution in [0.4, 0.5) is 21.5 Å². The molecular formula is C64H67FN4O12. The number of aryl methyl sites for hydroxylation is 2. The molecule has 6 aromatic carbocycles. The molecule has 0 saturated heterocycles. The van der Waals surface area contributed by atoms with Crippen LogP contribution in [0.1, 0.15) is 143 Å². The van der Waals surface area contributed by atoms with Gasteiger partial charge in [0.2, 0.25) is 17.7 Å². The van der Waals surface area contributed by atoms with Crippen LogP contribution in [0.5, 0.6) is 5.88 Å². The molecule has 16 nitrogen and oxygen atoms in total. The number of amides is 2. The zero-order chi connectivity index (χ0) is 61.0. The third-order valence-corrected chi connectivity index (χ3v) is 12.2. The number of aromatic hydroxyl groups is 1. The molecule has 0 fully saturated rings. The lowest BCUT2D eigenvalue weighted by Gasteiger charge is -2.19. The van der Waals surface area contributed by atoms with E-state index in [4.69, 9.17) is 31.0 Å². The SMILES string of the molecule is CC(C)(C)OC(=O)c1ccc(N)cc1.COC(=O)c1cc2c(cc1C)/C(=C(\C)c1ccccc1)C(=O)N2C(C)=O.COC(=O)c1cc2c(cc1C)c(C(=Nc1ccc(C(=O)OC(C)(C)C)cc1)c1ccccc1)c(O)n2C(C)=O.[2H]CF. The number of nitrogens with two attached hydrogens (primary N) is 1. The van der Waals surface area contributed by atoms with Gasteiger partial charge in [-0.05, 0) is 157 Å². The number of ether oxygens (including phenoxy) is 4. The van der Waals surface area contributed by atoms with Gasteiger partial charge in [0.1, 0.15) is 11.2 Å². The maximum absolute atomic E-state index is 13.0. The second kappa shape index (κ2) is 26.4. The van der Waals surface area contributed by atoms with E-state index >= 15 is 0 Å². The van der Waals surface area contributed by atoms with Crippen molar-refractivity contribution in [3.05, 3.63) is 189 Å². The number of fused-ring (bicyclic) bond motifs is 2. The second-order valence-corrected chi connectivity index (χ2v) is 20.4.